The van der Waals surface area contributed by atoms with Gasteiger partial charge in [0.15, 0.2) is 11.5 Å². The predicted octanol–water partition coefficient (Wildman–Crippen LogP) is 3.66. The standard InChI is InChI=1S/C22H28N2O6/c1-6-28-19-12-15(13-20(29-7-2)21(19)30-8-3)22(25)24-23-14-16-11-17(26-4)9-10-18(16)27-5/h9-14H,6-8H2,1-5H3,(H,24,25). The van der Waals surface area contributed by atoms with Crippen molar-refractivity contribution in [2.75, 3.05) is 34.0 Å². The fraction of sp³-hybridized carbons (Fsp3) is 0.364. The van der Waals surface area contributed by atoms with Crippen LogP contribution in [0.4, 0.5) is 0 Å². The minimum absolute atomic E-state index is 0.333. The van der Waals surface area contributed by atoms with Gasteiger partial charge in [0.1, 0.15) is 11.5 Å². The van der Waals surface area contributed by atoms with Crippen molar-refractivity contribution < 1.29 is 28.5 Å². The van der Waals surface area contributed by atoms with Gasteiger partial charge in [-0.1, -0.05) is 0 Å². The topological polar surface area (TPSA) is 87.6 Å². The molecule has 2 aromatic carbocycles. The number of amides is 1. The van der Waals surface area contributed by atoms with Crippen LogP contribution in [-0.2, 0) is 0 Å². The highest BCUT2D eigenvalue weighted by Gasteiger charge is 2.18. The molecular formula is C22H28N2O6. The molecule has 0 saturated heterocycles. The van der Waals surface area contributed by atoms with Crippen molar-refractivity contribution >= 4 is 12.1 Å². The van der Waals surface area contributed by atoms with Gasteiger partial charge in [-0.25, -0.2) is 5.43 Å². The summed E-state index contributed by atoms with van der Waals surface area (Å²) in [6.45, 7) is 6.87. The van der Waals surface area contributed by atoms with Crippen LogP contribution >= 0.6 is 0 Å². The van der Waals surface area contributed by atoms with Gasteiger partial charge in [0.05, 0.1) is 40.3 Å². The summed E-state index contributed by atoms with van der Waals surface area (Å²) in [5.74, 6) is 2.19. The molecular weight excluding hydrogens is 388 g/mol. The highest BCUT2D eigenvalue weighted by atomic mass is 16.5. The van der Waals surface area contributed by atoms with E-state index in [9.17, 15) is 4.79 Å². The molecule has 2 rings (SSSR count). The van der Waals surface area contributed by atoms with Gasteiger partial charge >= 0.3 is 0 Å². The highest BCUT2D eigenvalue weighted by Crippen LogP contribution is 2.39. The molecule has 0 bridgehead atoms. The molecule has 1 amide bonds. The van der Waals surface area contributed by atoms with Crippen molar-refractivity contribution in [1.82, 2.24) is 5.43 Å². The van der Waals surface area contributed by atoms with Crippen molar-refractivity contribution in [3.05, 3.63) is 41.5 Å². The number of nitrogens with one attached hydrogen (secondary N) is 1. The summed E-state index contributed by atoms with van der Waals surface area (Å²) in [5, 5.41) is 4.04. The number of hydrogen-bond donors (Lipinski definition) is 1. The van der Waals surface area contributed by atoms with Crippen LogP contribution in [0, 0.1) is 0 Å². The van der Waals surface area contributed by atoms with Gasteiger partial charge in [0.2, 0.25) is 5.75 Å². The maximum absolute atomic E-state index is 12.7. The smallest absolute Gasteiger partial charge is 0.271 e. The van der Waals surface area contributed by atoms with E-state index in [0.29, 0.717) is 59.7 Å². The Balaban J connectivity index is 2.27. The normalized spacial score (nSPS) is 10.6. The maximum atomic E-state index is 12.7. The third-order valence-corrected chi connectivity index (χ3v) is 3.98. The Labute approximate surface area is 176 Å². The Morgan fingerprint density at radius 1 is 0.900 bits per heavy atom. The molecule has 0 spiro atoms. The largest absolute Gasteiger partial charge is 0.497 e. The zero-order valence-corrected chi connectivity index (χ0v) is 18.0. The first-order valence-corrected chi connectivity index (χ1v) is 9.69. The molecule has 8 nitrogen and oxygen atoms in total. The second kappa shape index (κ2) is 11.5. The molecule has 0 aliphatic carbocycles. The fourth-order valence-electron chi connectivity index (χ4n) is 2.69. The van der Waals surface area contributed by atoms with Crippen LogP contribution in [0.2, 0.25) is 0 Å². The number of hydrogen-bond acceptors (Lipinski definition) is 7. The summed E-state index contributed by atoms with van der Waals surface area (Å²) in [6, 6.07) is 8.50. The highest BCUT2D eigenvalue weighted by molar-refractivity contribution is 5.96. The lowest BCUT2D eigenvalue weighted by Gasteiger charge is -2.16. The van der Waals surface area contributed by atoms with E-state index in [-0.39, 0.29) is 0 Å². The number of methoxy groups -OCH3 is 2. The van der Waals surface area contributed by atoms with Crippen molar-refractivity contribution in [3.8, 4) is 28.7 Å². The Hall–Kier alpha value is -3.42. The first-order valence-electron chi connectivity index (χ1n) is 9.69. The monoisotopic (exact) mass is 416 g/mol. The average molecular weight is 416 g/mol. The van der Waals surface area contributed by atoms with Crippen LogP contribution < -0.4 is 29.1 Å². The van der Waals surface area contributed by atoms with E-state index < -0.39 is 5.91 Å². The molecule has 162 valence electrons. The number of carbonyl (C=O) groups is 1. The van der Waals surface area contributed by atoms with Gasteiger partial charge in [-0.15, -0.1) is 0 Å². The van der Waals surface area contributed by atoms with Crippen LogP contribution in [-0.4, -0.2) is 46.2 Å². The van der Waals surface area contributed by atoms with Gasteiger partial charge in [0, 0.05) is 11.1 Å². The quantitative estimate of drug-likeness (QED) is 0.444. The number of nitrogens with zero attached hydrogens (tertiary/aromatic N) is 1. The van der Waals surface area contributed by atoms with Crippen LogP contribution in [0.1, 0.15) is 36.7 Å². The van der Waals surface area contributed by atoms with E-state index in [4.69, 9.17) is 23.7 Å². The molecule has 0 aliphatic rings. The minimum Gasteiger partial charge on any atom is -0.497 e. The molecule has 0 fully saturated rings. The molecule has 0 unspecified atom stereocenters. The lowest BCUT2D eigenvalue weighted by atomic mass is 10.1. The van der Waals surface area contributed by atoms with Gasteiger partial charge in [-0.3, -0.25) is 4.79 Å². The summed E-state index contributed by atoms with van der Waals surface area (Å²) in [7, 11) is 3.13. The lowest BCUT2D eigenvalue weighted by Crippen LogP contribution is -2.18. The van der Waals surface area contributed by atoms with E-state index in [1.54, 1.807) is 44.6 Å². The molecule has 0 atom stereocenters. The van der Waals surface area contributed by atoms with E-state index in [1.165, 1.54) is 6.21 Å². The predicted molar refractivity (Wildman–Crippen MR) is 115 cm³/mol. The van der Waals surface area contributed by atoms with Crippen LogP contribution in [0.5, 0.6) is 28.7 Å². The van der Waals surface area contributed by atoms with E-state index in [0.717, 1.165) is 0 Å². The molecule has 0 aromatic heterocycles. The zero-order chi connectivity index (χ0) is 21.9. The van der Waals surface area contributed by atoms with Gasteiger partial charge in [-0.2, -0.15) is 5.10 Å². The Morgan fingerprint density at radius 3 is 2.07 bits per heavy atom. The van der Waals surface area contributed by atoms with Gasteiger partial charge in [0.25, 0.3) is 5.91 Å². The number of ether oxygens (including phenoxy) is 5. The first-order chi connectivity index (χ1) is 14.6. The molecule has 8 heteroatoms. The zero-order valence-electron chi connectivity index (χ0n) is 18.0. The first kappa shape index (κ1) is 22.9. The summed E-state index contributed by atoms with van der Waals surface area (Å²) in [4.78, 5) is 12.7. The molecule has 30 heavy (non-hydrogen) atoms. The van der Waals surface area contributed by atoms with Gasteiger partial charge < -0.3 is 23.7 Å². The summed E-state index contributed by atoms with van der Waals surface area (Å²) in [6.07, 6.45) is 1.49. The average Bonchev–Trinajstić information content (AvgIpc) is 2.75. The third-order valence-electron chi connectivity index (χ3n) is 3.98. The number of benzene rings is 2. The number of rotatable bonds is 11. The number of hydrazone groups is 1. The molecule has 1 N–H and O–H groups in total. The Bertz CT molecular complexity index is 855. The van der Waals surface area contributed by atoms with Crippen LogP contribution in [0.25, 0.3) is 0 Å². The molecule has 0 saturated carbocycles. The van der Waals surface area contributed by atoms with Crippen molar-refractivity contribution in [1.29, 1.82) is 0 Å². The Morgan fingerprint density at radius 2 is 1.53 bits per heavy atom. The third kappa shape index (κ3) is 5.79. The van der Waals surface area contributed by atoms with Crippen LogP contribution in [0.15, 0.2) is 35.4 Å². The minimum atomic E-state index is -0.418. The van der Waals surface area contributed by atoms with E-state index >= 15 is 0 Å². The van der Waals surface area contributed by atoms with Crippen molar-refractivity contribution in [2.45, 2.75) is 20.8 Å². The number of carbonyl (C=O) groups excluding carboxylic acids is 1. The fourth-order valence-corrected chi connectivity index (χ4v) is 2.69. The summed E-state index contributed by atoms with van der Waals surface area (Å²) >= 11 is 0. The second-order valence-electron chi connectivity index (χ2n) is 5.91. The second-order valence-corrected chi connectivity index (χ2v) is 5.91. The van der Waals surface area contributed by atoms with Crippen molar-refractivity contribution in [3.63, 3.8) is 0 Å². The lowest BCUT2D eigenvalue weighted by molar-refractivity contribution is 0.0954. The van der Waals surface area contributed by atoms with E-state index in [2.05, 4.69) is 10.5 Å². The molecule has 0 aliphatic heterocycles. The maximum Gasteiger partial charge on any atom is 0.271 e. The summed E-state index contributed by atoms with van der Waals surface area (Å²) < 4.78 is 27.5. The van der Waals surface area contributed by atoms with Crippen LogP contribution in [0.3, 0.4) is 0 Å². The Kier molecular flexibility index (Phi) is 8.80. The van der Waals surface area contributed by atoms with E-state index in [1.807, 2.05) is 20.8 Å². The molecule has 2 aromatic rings. The molecule has 0 radical (unpaired) electrons. The summed E-state index contributed by atoms with van der Waals surface area (Å²) in [5.41, 5.74) is 3.50. The van der Waals surface area contributed by atoms with Crippen molar-refractivity contribution in [2.24, 2.45) is 5.10 Å². The van der Waals surface area contributed by atoms with Gasteiger partial charge in [-0.05, 0) is 51.1 Å². The SMILES string of the molecule is CCOc1cc(C(=O)NN=Cc2cc(OC)ccc2OC)cc(OCC)c1OCC. The molecule has 0 heterocycles.